The van der Waals surface area contributed by atoms with Crippen molar-refractivity contribution >= 4 is 28.3 Å². The van der Waals surface area contributed by atoms with Gasteiger partial charge in [0.05, 0.1) is 16.9 Å². The molecule has 1 aromatic carbocycles. The number of hydrogen-bond donors (Lipinski definition) is 0. The minimum Gasteiger partial charge on any atom is -0.298 e. The standard InChI is InChI=1S/C19H16N2O/c1-2-15(18-9-5-6-12-20-18)16(13-22)19-11-10-14-7-3-4-8-17(14)21-19/h3-13H,2H2,1H3/b16-15-. The van der Waals surface area contributed by atoms with Crippen molar-refractivity contribution in [3.63, 3.8) is 0 Å². The summed E-state index contributed by atoms with van der Waals surface area (Å²) in [4.78, 5) is 20.7. The highest BCUT2D eigenvalue weighted by molar-refractivity contribution is 6.16. The first-order chi connectivity index (χ1) is 10.8. The maximum absolute atomic E-state index is 11.7. The second-order valence-corrected chi connectivity index (χ2v) is 4.97. The summed E-state index contributed by atoms with van der Waals surface area (Å²) in [6.45, 7) is 2.02. The third-order valence-electron chi connectivity index (χ3n) is 3.64. The van der Waals surface area contributed by atoms with E-state index < -0.39 is 0 Å². The molecule has 0 spiro atoms. The second kappa shape index (κ2) is 6.31. The average Bonchev–Trinajstić information content (AvgIpc) is 2.60. The Balaban J connectivity index is 2.19. The first kappa shape index (κ1) is 14.1. The Morgan fingerprint density at radius 1 is 1.00 bits per heavy atom. The minimum atomic E-state index is 0.604. The van der Waals surface area contributed by atoms with E-state index >= 15 is 0 Å². The topological polar surface area (TPSA) is 42.9 Å². The van der Waals surface area contributed by atoms with Crippen molar-refractivity contribution in [1.29, 1.82) is 0 Å². The molecule has 0 fully saturated rings. The van der Waals surface area contributed by atoms with Crippen molar-refractivity contribution in [2.75, 3.05) is 0 Å². The number of nitrogens with zero attached hydrogens (tertiary/aromatic N) is 2. The summed E-state index contributed by atoms with van der Waals surface area (Å²) in [5.74, 6) is 0. The lowest BCUT2D eigenvalue weighted by Crippen LogP contribution is -1.98. The highest BCUT2D eigenvalue weighted by atomic mass is 16.1. The number of rotatable bonds is 4. The fourth-order valence-corrected chi connectivity index (χ4v) is 2.55. The molecule has 0 amide bonds. The SMILES string of the molecule is CC/C(=C(\C=O)c1ccc2ccccc2n1)c1ccccn1. The molecule has 0 saturated heterocycles. The number of carbonyl (C=O) groups is 1. The average molecular weight is 288 g/mol. The van der Waals surface area contributed by atoms with Gasteiger partial charge in [0.1, 0.15) is 0 Å². The highest BCUT2D eigenvalue weighted by Crippen LogP contribution is 2.26. The molecule has 0 bridgehead atoms. The van der Waals surface area contributed by atoms with Crippen LogP contribution in [0.15, 0.2) is 60.8 Å². The third-order valence-corrected chi connectivity index (χ3v) is 3.64. The molecule has 3 rings (SSSR count). The molecule has 3 heteroatoms. The van der Waals surface area contributed by atoms with Crippen molar-refractivity contribution in [3.05, 3.63) is 72.2 Å². The lowest BCUT2D eigenvalue weighted by atomic mass is 9.99. The number of carbonyl (C=O) groups excluding carboxylic acids is 1. The van der Waals surface area contributed by atoms with Crippen molar-refractivity contribution < 1.29 is 4.79 Å². The number of hydrogen-bond acceptors (Lipinski definition) is 3. The van der Waals surface area contributed by atoms with E-state index in [1.54, 1.807) is 6.20 Å². The van der Waals surface area contributed by atoms with Gasteiger partial charge in [-0.05, 0) is 36.3 Å². The maximum Gasteiger partial charge on any atom is 0.152 e. The van der Waals surface area contributed by atoms with Gasteiger partial charge in [-0.15, -0.1) is 0 Å². The predicted molar refractivity (Wildman–Crippen MR) is 89.1 cm³/mol. The van der Waals surface area contributed by atoms with Gasteiger partial charge in [-0.1, -0.05) is 37.3 Å². The molecule has 0 radical (unpaired) electrons. The van der Waals surface area contributed by atoms with E-state index in [1.165, 1.54) is 0 Å². The smallest absolute Gasteiger partial charge is 0.152 e. The molecule has 2 heterocycles. The van der Waals surface area contributed by atoms with E-state index in [0.717, 1.165) is 34.9 Å². The van der Waals surface area contributed by atoms with Crippen LogP contribution in [0.25, 0.3) is 22.0 Å². The molecule has 22 heavy (non-hydrogen) atoms. The minimum absolute atomic E-state index is 0.604. The zero-order valence-corrected chi connectivity index (χ0v) is 12.4. The molecule has 108 valence electrons. The number of fused-ring (bicyclic) bond motifs is 1. The maximum atomic E-state index is 11.7. The summed E-state index contributed by atoms with van der Waals surface area (Å²) in [5.41, 5.74) is 3.92. The van der Waals surface area contributed by atoms with Gasteiger partial charge in [0.25, 0.3) is 0 Å². The zero-order chi connectivity index (χ0) is 15.4. The van der Waals surface area contributed by atoms with Gasteiger partial charge in [0.15, 0.2) is 6.29 Å². The first-order valence-corrected chi connectivity index (χ1v) is 7.29. The summed E-state index contributed by atoms with van der Waals surface area (Å²) in [6.07, 6.45) is 3.34. The Bertz CT molecular complexity index is 838. The van der Waals surface area contributed by atoms with Crippen molar-refractivity contribution in [2.45, 2.75) is 13.3 Å². The number of allylic oxidation sites excluding steroid dienone is 2. The molecule has 0 unspecified atom stereocenters. The molecule has 0 aliphatic rings. The van der Waals surface area contributed by atoms with Crippen LogP contribution in [-0.4, -0.2) is 16.3 Å². The Morgan fingerprint density at radius 3 is 2.55 bits per heavy atom. The van der Waals surface area contributed by atoms with Crippen LogP contribution in [0.2, 0.25) is 0 Å². The summed E-state index contributed by atoms with van der Waals surface area (Å²) in [5, 5.41) is 1.06. The van der Waals surface area contributed by atoms with Crippen LogP contribution in [-0.2, 0) is 4.79 Å². The van der Waals surface area contributed by atoms with E-state index in [0.29, 0.717) is 11.3 Å². The van der Waals surface area contributed by atoms with Crippen LogP contribution in [0.4, 0.5) is 0 Å². The lowest BCUT2D eigenvalue weighted by molar-refractivity contribution is -0.103. The Labute approximate surface area is 129 Å². The largest absolute Gasteiger partial charge is 0.298 e. The number of pyridine rings is 2. The van der Waals surface area contributed by atoms with Crippen LogP contribution in [0, 0.1) is 0 Å². The zero-order valence-electron chi connectivity index (χ0n) is 12.4. The van der Waals surface area contributed by atoms with E-state index in [2.05, 4.69) is 9.97 Å². The molecular weight excluding hydrogens is 272 g/mol. The predicted octanol–water partition coefficient (Wildman–Crippen LogP) is 4.15. The number of aldehydes is 1. The van der Waals surface area contributed by atoms with E-state index in [9.17, 15) is 4.79 Å². The van der Waals surface area contributed by atoms with Crippen LogP contribution in [0.3, 0.4) is 0 Å². The fraction of sp³-hybridized carbons (Fsp3) is 0.105. The molecule has 0 aliphatic heterocycles. The monoisotopic (exact) mass is 288 g/mol. The van der Waals surface area contributed by atoms with Gasteiger partial charge >= 0.3 is 0 Å². The van der Waals surface area contributed by atoms with Gasteiger partial charge in [-0.2, -0.15) is 0 Å². The van der Waals surface area contributed by atoms with E-state index in [4.69, 9.17) is 0 Å². The van der Waals surface area contributed by atoms with Crippen LogP contribution >= 0.6 is 0 Å². The van der Waals surface area contributed by atoms with Crippen molar-refractivity contribution in [2.24, 2.45) is 0 Å². The van der Waals surface area contributed by atoms with Crippen molar-refractivity contribution in [1.82, 2.24) is 9.97 Å². The highest BCUT2D eigenvalue weighted by Gasteiger charge is 2.12. The molecule has 0 atom stereocenters. The summed E-state index contributed by atoms with van der Waals surface area (Å²) in [7, 11) is 0. The fourth-order valence-electron chi connectivity index (χ4n) is 2.55. The summed E-state index contributed by atoms with van der Waals surface area (Å²) in [6, 6.07) is 17.5. The van der Waals surface area contributed by atoms with Crippen LogP contribution in [0.1, 0.15) is 24.7 Å². The summed E-state index contributed by atoms with van der Waals surface area (Å²) < 4.78 is 0. The van der Waals surface area contributed by atoms with Gasteiger partial charge in [0, 0.05) is 17.2 Å². The van der Waals surface area contributed by atoms with Crippen molar-refractivity contribution in [3.8, 4) is 0 Å². The Morgan fingerprint density at radius 2 is 1.82 bits per heavy atom. The van der Waals surface area contributed by atoms with Gasteiger partial charge in [0.2, 0.25) is 0 Å². The van der Waals surface area contributed by atoms with Gasteiger partial charge in [-0.25, -0.2) is 4.98 Å². The van der Waals surface area contributed by atoms with E-state index in [1.807, 2.05) is 61.5 Å². The molecule has 3 nitrogen and oxygen atoms in total. The van der Waals surface area contributed by atoms with Gasteiger partial charge in [-0.3, -0.25) is 9.78 Å². The molecule has 0 N–H and O–H groups in total. The van der Waals surface area contributed by atoms with E-state index in [-0.39, 0.29) is 0 Å². The Kier molecular flexibility index (Phi) is 4.05. The molecule has 2 aromatic heterocycles. The normalized spacial score (nSPS) is 12.0. The number of aromatic nitrogens is 2. The second-order valence-electron chi connectivity index (χ2n) is 4.97. The quantitative estimate of drug-likeness (QED) is 0.535. The molecule has 0 aliphatic carbocycles. The summed E-state index contributed by atoms with van der Waals surface area (Å²) >= 11 is 0. The molecule has 3 aromatic rings. The number of benzene rings is 1. The third kappa shape index (κ3) is 2.66. The first-order valence-electron chi connectivity index (χ1n) is 7.29. The number of para-hydroxylation sites is 1. The molecular formula is C19H16N2O. The molecule has 0 saturated carbocycles. The lowest BCUT2D eigenvalue weighted by Gasteiger charge is -2.09. The van der Waals surface area contributed by atoms with Gasteiger partial charge < -0.3 is 0 Å². The van der Waals surface area contributed by atoms with Crippen LogP contribution in [0.5, 0.6) is 0 Å². The Hall–Kier alpha value is -2.81. The van der Waals surface area contributed by atoms with Crippen LogP contribution < -0.4 is 0 Å².